The lowest BCUT2D eigenvalue weighted by molar-refractivity contribution is 0.0981. The number of pyridine rings is 1. The van der Waals surface area contributed by atoms with Crippen LogP contribution >= 0.6 is 0 Å². The van der Waals surface area contributed by atoms with Crippen LogP contribution in [0.2, 0.25) is 0 Å². The molecule has 1 aliphatic rings. The summed E-state index contributed by atoms with van der Waals surface area (Å²) in [6.07, 6.45) is 4.33. The van der Waals surface area contributed by atoms with Gasteiger partial charge in [-0.2, -0.15) is 0 Å². The number of carbonyl (C=O) groups excluding carboxylic acids is 1. The molecule has 1 aliphatic heterocycles. The lowest BCUT2D eigenvalue weighted by atomic mass is 10.1. The molecule has 1 atom stereocenters. The van der Waals surface area contributed by atoms with Crippen molar-refractivity contribution >= 4 is 11.6 Å². The molecule has 0 aliphatic carbocycles. The highest BCUT2D eigenvalue weighted by Gasteiger charge is 2.31. The number of nitrogens with zero attached hydrogens (tertiary/aromatic N) is 2. The highest BCUT2D eigenvalue weighted by molar-refractivity contribution is 6.08. The monoisotopic (exact) mass is 252 g/mol. The van der Waals surface area contributed by atoms with Gasteiger partial charge in [-0.3, -0.25) is 9.78 Å². The molecule has 0 radical (unpaired) electrons. The van der Waals surface area contributed by atoms with Gasteiger partial charge in [-0.25, -0.2) is 0 Å². The zero-order valence-electron chi connectivity index (χ0n) is 11.1. The van der Waals surface area contributed by atoms with Crippen LogP contribution in [-0.2, 0) is 6.42 Å². The van der Waals surface area contributed by atoms with Gasteiger partial charge in [0.25, 0.3) is 5.91 Å². The third kappa shape index (κ3) is 1.91. The van der Waals surface area contributed by atoms with Gasteiger partial charge in [0.2, 0.25) is 0 Å². The Morgan fingerprint density at radius 1 is 1.32 bits per heavy atom. The molecular formula is C16H16N2O. The van der Waals surface area contributed by atoms with Crippen molar-refractivity contribution in [3.63, 3.8) is 0 Å². The van der Waals surface area contributed by atoms with Crippen molar-refractivity contribution in [1.82, 2.24) is 4.98 Å². The highest BCUT2D eigenvalue weighted by Crippen LogP contribution is 2.33. The van der Waals surface area contributed by atoms with Crippen molar-refractivity contribution in [3.8, 4) is 0 Å². The van der Waals surface area contributed by atoms with E-state index in [0.717, 1.165) is 23.2 Å². The molecule has 1 unspecified atom stereocenters. The first-order valence-electron chi connectivity index (χ1n) is 6.50. The fourth-order valence-corrected chi connectivity index (χ4v) is 2.72. The van der Waals surface area contributed by atoms with E-state index in [4.69, 9.17) is 0 Å². The number of fused-ring (bicyclic) bond motifs is 1. The first-order valence-corrected chi connectivity index (χ1v) is 6.50. The van der Waals surface area contributed by atoms with Gasteiger partial charge >= 0.3 is 0 Å². The number of aryl methyl sites for hydroxylation is 1. The average molecular weight is 252 g/mol. The van der Waals surface area contributed by atoms with Crippen molar-refractivity contribution in [2.24, 2.45) is 0 Å². The molecule has 1 aromatic carbocycles. The van der Waals surface area contributed by atoms with E-state index in [0.29, 0.717) is 0 Å². The summed E-state index contributed by atoms with van der Waals surface area (Å²) < 4.78 is 0. The van der Waals surface area contributed by atoms with Gasteiger partial charge in [-0.1, -0.05) is 18.2 Å². The standard InChI is InChI=1S/C16H16N2O/c1-11-10-17-8-7-14(11)16(19)18-12(2)9-13-5-3-4-6-15(13)18/h3-8,10,12H,9H2,1-2H3. The predicted octanol–water partition coefficient (Wildman–Crippen LogP) is 2.98. The normalized spacial score (nSPS) is 17.4. The fourth-order valence-electron chi connectivity index (χ4n) is 2.72. The minimum absolute atomic E-state index is 0.0670. The third-order valence-corrected chi connectivity index (χ3v) is 3.68. The summed E-state index contributed by atoms with van der Waals surface area (Å²) in [6, 6.07) is 10.1. The smallest absolute Gasteiger partial charge is 0.258 e. The number of para-hydroxylation sites is 1. The summed E-state index contributed by atoms with van der Waals surface area (Å²) >= 11 is 0. The average Bonchev–Trinajstić information content (AvgIpc) is 2.74. The summed E-state index contributed by atoms with van der Waals surface area (Å²) in [7, 11) is 0. The molecule has 1 amide bonds. The number of rotatable bonds is 1. The number of amides is 1. The maximum Gasteiger partial charge on any atom is 0.258 e. The van der Waals surface area contributed by atoms with Crippen molar-refractivity contribution < 1.29 is 4.79 Å². The van der Waals surface area contributed by atoms with Crippen LogP contribution in [0.25, 0.3) is 0 Å². The van der Waals surface area contributed by atoms with Crippen LogP contribution in [0.1, 0.15) is 28.4 Å². The number of aromatic nitrogens is 1. The van der Waals surface area contributed by atoms with Crippen molar-refractivity contribution in [3.05, 3.63) is 59.4 Å². The summed E-state index contributed by atoms with van der Waals surface area (Å²) in [5.74, 6) is 0.0670. The van der Waals surface area contributed by atoms with E-state index in [1.165, 1.54) is 5.56 Å². The van der Waals surface area contributed by atoms with Gasteiger partial charge in [0.15, 0.2) is 0 Å². The second kappa shape index (κ2) is 4.50. The van der Waals surface area contributed by atoms with E-state index in [-0.39, 0.29) is 11.9 Å². The Morgan fingerprint density at radius 2 is 2.11 bits per heavy atom. The first kappa shape index (κ1) is 11.9. The lowest BCUT2D eigenvalue weighted by Gasteiger charge is -2.23. The zero-order valence-corrected chi connectivity index (χ0v) is 11.1. The number of carbonyl (C=O) groups is 1. The Hall–Kier alpha value is -2.16. The van der Waals surface area contributed by atoms with Crippen LogP contribution in [0.3, 0.4) is 0 Å². The van der Waals surface area contributed by atoms with Gasteiger partial charge < -0.3 is 4.90 Å². The molecule has 96 valence electrons. The van der Waals surface area contributed by atoms with Gasteiger partial charge in [-0.05, 0) is 43.5 Å². The first-order chi connectivity index (χ1) is 9.18. The van der Waals surface area contributed by atoms with E-state index in [2.05, 4.69) is 18.0 Å². The van der Waals surface area contributed by atoms with E-state index in [1.807, 2.05) is 30.0 Å². The van der Waals surface area contributed by atoms with Gasteiger partial charge in [0.05, 0.1) is 0 Å². The van der Waals surface area contributed by atoms with Crippen molar-refractivity contribution in [2.45, 2.75) is 26.3 Å². The van der Waals surface area contributed by atoms with Crippen molar-refractivity contribution in [2.75, 3.05) is 4.90 Å². The minimum Gasteiger partial charge on any atom is -0.305 e. The molecule has 0 spiro atoms. The molecule has 3 rings (SSSR count). The van der Waals surface area contributed by atoms with Gasteiger partial charge in [-0.15, -0.1) is 0 Å². The second-order valence-corrected chi connectivity index (χ2v) is 5.05. The van der Waals surface area contributed by atoms with E-state index < -0.39 is 0 Å². The van der Waals surface area contributed by atoms with Crippen LogP contribution in [-0.4, -0.2) is 16.9 Å². The molecule has 2 aromatic rings. The Labute approximate surface area is 112 Å². The SMILES string of the molecule is Cc1cnccc1C(=O)N1c2ccccc2CC1C. The van der Waals surface area contributed by atoms with Crippen LogP contribution in [0.5, 0.6) is 0 Å². The molecule has 3 heteroatoms. The summed E-state index contributed by atoms with van der Waals surface area (Å²) in [6.45, 7) is 4.02. The number of hydrogen-bond acceptors (Lipinski definition) is 2. The summed E-state index contributed by atoms with van der Waals surface area (Å²) in [4.78, 5) is 18.7. The van der Waals surface area contributed by atoms with Crippen LogP contribution < -0.4 is 4.90 Å². The number of benzene rings is 1. The molecule has 1 aromatic heterocycles. The Balaban J connectivity index is 2.03. The molecule has 0 N–H and O–H groups in total. The molecular weight excluding hydrogens is 236 g/mol. The van der Waals surface area contributed by atoms with E-state index >= 15 is 0 Å². The molecule has 0 saturated heterocycles. The molecule has 0 fully saturated rings. The van der Waals surface area contributed by atoms with Gasteiger partial charge in [0, 0.05) is 29.7 Å². The fraction of sp³-hybridized carbons (Fsp3) is 0.250. The zero-order chi connectivity index (χ0) is 13.4. The van der Waals surface area contributed by atoms with Crippen LogP contribution in [0, 0.1) is 6.92 Å². The minimum atomic E-state index is 0.0670. The largest absolute Gasteiger partial charge is 0.305 e. The lowest BCUT2D eigenvalue weighted by Crippen LogP contribution is -2.36. The second-order valence-electron chi connectivity index (χ2n) is 5.05. The maximum absolute atomic E-state index is 12.7. The topological polar surface area (TPSA) is 33.2 Å². The summed E-state index contributed by atoms with van der Waals surface area (Å²) in [5, 5.41) is 0. The highest BCUT2D eigenvalue weighted by atomic mass is 16.2. The maximum atomic E-state index is 12.7. The Morgan fingerprint density at radius 3 is 2.89 bits per heavy atom. The quantitative estimate of drug-likeness (QED) is 0.781. The third-order valence-electron chi connectivity index (χ3n) is 3.68. The number of hydrogen-bond donors (Lipinski definition) is 0. The molecule has 0 saturated carbocycles. The van der Waals surface area contributed by atoms with Crippen LogP contribution in [0.15, 0.2) is 42.7 Å². The molecule has 19 heavy (non-hydrogen) atoms. The van der Waals surface area contributed by atoms with Crippen LogP contribution in [0.4, 0.5) is 5.69 Å². The summed E-state index contributed by atoms with van der Waals surface area (Å²) in [5.41, 5.74) is 3.94. The van der Waals surface area contributed by atoms with Gasteiger partial charge in [0.1, 0.15) is 0 Å². The van der Waals surface area contributed by atoms with E-state index in [1.54, 1.807) is 18.5 Å². The molecule has 0 bridgehead atoms. The Bertz CT molecular complexity index is 636. The Kier molecular flexibility index (Phi) is 2.82. The number of anilines is 1. The van der Waals surface area contributed by atoms with Crippen molar-refractivity contribution in [1.29, 1.82) is 0 Å². The van der Waals surface area contributed by atoms with E-state index in [9.17, 15) is 4.79 Å². The molecule has 3 nitrogen and oxygen atoms in total. The predicted molar refractivity (Wildman–Crippen MR) is 75.4 cm³/mol. The molecule has 2 heterocycles.